The number of carboxylic acids is 1. The standard InChI is InChI=1S/C8H13FO5/c1-3-8(6(10)11,14-5-9)7(12)13-4-2/h3-5H2,1-2H3,(H,10,11). The molecule has 0 rings (SSSR count). The number of aliphatic carboxylic acids is 1. The maximum absolute atomic E-state index is 11.9. The highest BCUT2D eigenvalue weighted by Gasteiger charge is 2.47. The first kappa shape index (κ1) is 12.8. The van der Waals surface area contributed by atoms with E-state index < -0.39 is 24.4 Å². The van der Waals surface area contributed by atoms with Crippen LogP contribution in [0, 0.1) is 0 Å². The van der Waals surface area contributed by atoms with Gasteiger partial charge in [0.2, 0.25) is 0 Å². The number of carbonyl (C=O) groups is 2. The zero-order valence-electron chi connectivity index (χ0n) is 8.08. The molecule has 0 aliphatic carbocycles. The van der Waals surface area contributed by atoms with Crippen LogP contribution in [0.4, 0.5) is 4.39 Å². The molecule has 82 valence electrons. The van der Waals surface area contributed by atoms with Crippen LogP contribution in [0.15, 0.2) is 0 Å². The number of esters is 1. The van der Waals surface area contributed by atoms with Crippen molar-refractivity contribution in [3.8, 4) is 0 Å². The molecule has 0 amide bonds. The Morgan fingerprint density at radius 3 is 2.29 bits per heavy atom. The lowest BCUT2D eigenvalue weighted by Gasteiger charge is -2.24. The van der Waals surface area contributed by atoms with Gasteiger partial charge < -0.3 is 14.6 Å². The fraction of sp³-hybridized carbons (Fsp3) is 0.750. The van der Waals surface area contributed by atoms with Crippen LogP contribution in [0.25, 0.3) is 0 Å². The van der Waals surface area contributed by atoms with Crippen molar-refractivity contribution >= 4 is 11.9 Å². The van der Waals surface area contributed by atoms with E-state index in [1.165, 1.54) is 13.8 Å². The number of alkyl halides is 1. The monoisotopic (exact) mass is 208 g/mol. The maximum atomic E-state index is 11.9. The number of hydrogen-bond donors (Lipinski definition) is 1. The summed E-state index contributed by atoms with van der Waals surface area (Å²) in [6.45, 7) is 1.60. The van der Waals surface area contributed by atoms with Gasteiger partial charge in [0.15, 0.2) is 6.86 Å². The Balaban J connectivity index is 4.82. The summed E-state index contributed by atoms with van der Waals surface area (Å²) < 4.78 is 20.8. The number of rotatable bonds is 6. The molecule has 0 saturated carbocycles. The van der Waals surface area contributed by atoms with E-state index in [-0.39, 0.29) is 13.0 Å². The van der Waals surface area contributed by atoms with Crippen molar-refractivity contribution in [3.63, 3.8) is 0 Å². The third kappa shape index (κ3) is 2.41. The summed E-state index contributed by atoms with van der Waals surface area (Å²) in [6, 6.07) is 0. The van der Waals surface area contributed by atoms with E-state index in [0.717, 1.165) is 0 Å². The Morgan fingerprint density at radius 1 is 1.43 bits per heavy atom. The maximum Gasteiger partial charge on any atom is 0.350 e. The second kappa shape index (κ2) is 5.54. The second-order valence-corrected chi connectivity index (χ2v) is 2.46. The number of carbonyl (C=O) groups excluding carboxylic acids is 1. The Kier molecular flexibility index (Phi) is 5.07. The average molecular weight is 208 g/mol. The molecule has 0 aromatic heterocycles. The van der Waals surface area contributed by atoms with E-state index in [1.54, 1.807) is 0 Å². The van der Waals surface area contributed by atoms with Gasteiger partial charge in [-0.25, -0.2) is 14.0 Å². The largest absolute Gasteiger partial charge is 0.479 e. The van der Waals surface area contributed by atoms with Crippen LogP contribution < -0.4 is 0 Å². The summed E-state index contributed by atoms with van der Waals surface area (Å²) in [5, 5.41) is 8.76. The van der Waals surface area contributed by atoms with Crippen LogP contribution in [0.3, 0.4) is 0 Å². The SMILES string of the molecule is CCOC(=O)C(CC)(OCF)C(=O)O. The Labute approximate surface area is 80.8 Å². The lowest BCUT2D eigenvalue weighted by atomic mass is 10.0. The Bertz CT molecular complexity index is 218. The third-order valence-corrected chi connectivity index (χ3v) is 1.75. The van der Waals surface area contributed by atoms with Gasteiger partial charge in [-0.1, -0.05) is 6.92 Å². The topological polar surface area (TPSA) is 72.8 Å². The lowest BCUT2D eigenvalue weighted by molar-refractivity contribution is -0.193. The van der Waals surface area contributed by atoms with Crippen LogP contribution in [0.5, 0.6) is 0 Å². The molecule has 0 aromatic rings. The van der Waals surface area contributed by atoms with Gasteiger partial charge in [-0.3, -0.25) is 0 Å². The zero-order valence-corrected chi connectivity index (χ0v) is 8.08. The van der Waals surface area contributed by atoms with E-state index >= 15 is 0 Å². The van der Waals surface area contributed by atoms with Crippen molar-refractivity contribution < 1.29 is 28.6 Å². The molecule has 1 N–H and O–H groups in total. The van der Waals surface area contributed by atoms with Gasteiger partial charge in [0.25, 0.3) is 5.60 Å². The van der Waals surface area contributed by atoms with E-state index in [4.69, 9.17) is 5.11 Å². The van der Waals surface area contributed by atoms with Crippen LogP contribution in [-0.2, 0) is 19.1 Å². The molecule has 0 aliphatic rings. The van der Waals surface area contributed by atoms with Gasteiger partial charge in [0, 0.05) is 0 Å². The molecule has 0 fully saturated rings. The van der Waals surface area contributed by atoms with Gasteiger partial charge in [-0.2, -0.15) is 0 Å². The number of ether oxygens (including phenoxy) is 2. The van der Waals surface area contributed by atoms with E-state index in [1.807, 2.05) is 0 Å². The normalized spacial score (nSPS) is 14.5. The quantitative estimate of drug-likeness (QED) is 0.514. The van der Waals surface area contributed by atoms with Crippen molar-refractivity contribution in [3.05, 3.63) is 0 Å². The summed E-state index contributed by atoms with van der Waals surface area (Å²) in [5.41, 5.74) is -2.22. The fourth-order valence-electron chi connectivity index (χ4n) is 0.946. The predicted octanol–water partition coefficient (Wildman–Crippen LogP) is 0.727. The number of carboxylic acid groups (broad SMARTS) is 1. The number of hydrogen-bond acceptors (Lipinski definition) is 4. The molecule has 1 atom stereocenters. The summed E-state index contributed by atoms with van der Waals surface area (Å²) in [5.74, 6) is -2.62. The highest BCUT2D eigenvalue weighted by molar-refractivity contribution is 6.02. The Morgan fingerprint density at radius 2 is 2.00 bits per heavy atom. The van der Waals surface area contributed by atoms with Gasteiger partial charge >= 0.3 is 11.9 Å². The minimum Gasteiger partial charge on any atom is -0.479 e. The first-order chi connectivity index (χ1) is 6.55. The molecular formula is C8H13FO5. The van der Waals surface area contributed by atoms with Gasteiger partial charge in [-0.15, -0.1) is 0 Å². The van der Waals surface area contributed by atoms with Crippen LogP contribution in [0.2, 0.25) is 0 Å². The first-order valence-corrected chi connectivity index (χ1v) is 4.15. The Hall–Kier alpha value is -1.17. The smallest absolute Gasteiger partial charge is 0.350 e. The third-order valence-electron chi connectivity index (χ3n) is 1.75. The minimum absolute atomic E-state index is 0.0174. The highest BCUT2D eigenvalue weighted by Crippen LogP contribution is 2.19. The summed E-state index contributed by atoms with van der Waals surface area (Å²) >= 11 is 0. The van der Waals surface area contributed by atoms with Crippen LogP contribution >= 0.6 is 0 Å². The van der Waals surface area contributed by atoms with Crippen molar-refractivity contribution in [2.24, 2.45) is 0 Å². The number of halogens is 1. The summed E-state index contributed by atoms with van der Waals surface area (Å²) in [4.78, 5) is 22.0. The molecule has 0 aromatic carbocycles. The summed E-state index contributed by atoms with van der Waals surface area (Å²) in [6.07, 6.45) is -0.189. The fourth-order valence-corrected chi connectivity index (χ4v) is 0.946. The molecule has 5 nitrogen and oxygen atoms in total. The molecule has 0 bridgehead atoms. The van der Waals surface area contributed by atoms with Crippen LogP contribution in [-0.4, -0.2) is 36.1 Å². The summed E-state index contributed by atoms with van der Waals surface area (Å²) in [7, 11) is 0. The lowest BCUT2D eigenvalue weighted by Crippen LogP contribution is -2.49. The molecule has 0 aliphatic heterocycles. The molecule has 1 unspecified atom stereocenters. The van der Waals surface area contributed by atoms with Crippen molar-refractivity contribution in [2.45, 2.75) is 25.9 Å². The van der Waals surface area contributed by atoms with Crippen molar-refractivity contribution in [2.75, 3.05) is 13.5 Å². The molecule has 0 heterocycles. The first-order valence-electron chi connectivity index (χ1n) is 4.15. The molecule has 0 radical (unpaired) electrons. The molecule has 6 heteroatoms. The molecule has 0 spiro atoms. The van der Waals surface area contributed by atoms with Gasteiger partial charge in [0.1, 0.15) is 0 Å². The van der Waals surface area contributed by atoms with Gasteiger partial charge in [-0.05, 0) is 13.3 Å². The zero-order chi connectivity index (χ0) is 11.2. The minimum atomic E-state index is -2.22. The van der Waals surface area contributed by atoms with E-state index in [0.29, 0.717) is 0 Å². The molecular weight excluding hydrogens is 195 g/mol. The van der Waals surface area contributed by atoms with Crippen LogP contribution in [0.1, 0.15) is 20.3 Å². The predicted molar refractivity (Wildman–Crippen MR) is 44.4 cm³/mol. The average Bonchev–Trinajstić information content (AvgIpc) is 2.14. The van der Waals surface area contributed by atoms with Crippen molar-refractivity contribution in [1.82, 2.24) is 0 Å². The van der Waals surface area contributed by atoms with Crippen molar-refractivity contribution in [1.29, 1.82) is 0 Å². The molecule has 14 heavy (non-hydrogen) atoms. The van der Waals surface area contributed by atoms with E-state index in [9.17, 15) is 14.0 Å². The van der Waals surface area contributed by atoms with Gasteiger partial charge in [0.05, 0.1) is 6.61 Å². The molecule has 0 saturated heterocycles. The second-order valence-electron chi connectivity index (χ2n) is 2.46. The highest BCUT2D eigenvalue weighted by atomic mass is 19.1. The van der Waals surface area contributed by atoms with E-state index in [2.05, 4.69) is 9.47 Å².